The summed E-state index contributed by atoms with van der Waals surface area (Å²) in [6, 6.07) is 0. The summed E-state index contributed by atoms with van der Waals surface area (Å²) in [4.78, 5) is 0. The van der Waals surface area contributed by atoms with Gasteiger partial charge >= 0.3 is 0 Å². The molecule has 0 aromatic heterocycles. The molecular weight excluding hydrogens is 270 g/mol. The molecule has 2 aliphatic carbocycles. The molecule has 22 heavy (non-hydrogen) atoms. The maximum Gasteiger partial charge on any atom is 0.0611 e. The SMILES string of the molecule is CCCCCCCCC1=CCC([C@H]2CC[C@@](N)(CO)C2)C=C1. The lowest BCUT2D eigenvalue weighted by molar-refractivity contribution is 0.192. The first-order chi connectivity index (χ1) is 10.7. The fourth-order valence-electron chi connectivity index (χ4n) is 4.03. The van der Waals surface area contributed by atoms with Gasteiger partial charge in [0.05, 0.1) is 6.61 Å². The number of unbranched alkanes of at least 4 members (excludes halogenated alkanes) is 5. The lowest BCUT2D eigenvalue weighted by Crippen LogP contribution is -2.41. The van der Waals surface area contributed by atoms with Crippen molar-refractivity contribution in [3.63, 3.8) is 0 Å². The predicted octanol–water partition coefficient (Wildman–Crippen LogP) is 4.73. The van der Waals surface area contributed by atoms with E-state index in [1.54, 1.807) is 0 Å². The normalized spacial score (nSPS) is 31.5. The molecule has 1 fully saturated rings. The van der Waals surface area contributed by atoms with E-state index in [1.165, 1.54) is 63.4 Å². The molecule has 0 aromatic carbocycles. The Labute approximate surface area is 136 Å². The maximum atomic E-state index is 9.40. The van der Waals surface area contributed by atoms with Gasteiger partial charge in [-0.15, -0.1) is 0 Å². The molecule has 3 atom stereocenters. The Balaban J connectivity index is 1.65. The number of aliphatic hydroxyl groups is 1. The first-order valence-corrected chi connectivity index (χ1v) is 9.44. The van der Waals surface area contributed by atoms with Crippen LogP contribution in [0.5, 0.6) is 0 Å². The molecule has 2 aliphatic rings. The second kappa shape index (κ2) is 8.88. The van der Waals surface area contributed by atoms with Gasteiger partial charge in [-0.05, 0) is 50.4 Å². The van der Waals surface area contributed by atoms with Crippen LogP contribution in [0.3, 0.4) is 0 Å². The fraction of sp³-hybridized carbons (Fsp3) is 0.800. The summed E-state index contributed by atoms with van der Waals surface area (Å²) in [5, 5.41) is 9.40. The Kier molecular flexibility index (Phi) is 7.17. The Bertz CT molecular complexity index is 387. The summed E-state index contributed by atoms with van der Waals surface area (Å²) in [5.74, 6) is 1.31. The van der Waals surface area contributed by atoms with Crippen molar-refractivity contribution in [1.82, 2.24) is 0 Å². The van der Waals surface area contributed by atoms with Gasteiger partial charge in [0.25, 0.3) is 0 Å². The third-order valence-corrected chi connectivity index (χ3v) is 5.63. The van der Waals surface area contributed by atoms with Crippen LogP contribution >= 0.6 is 0 Å². The molecule has 1 unspecified atom stereocenters. The summed E-state index contributed by atoms with van der Waals surface area (Å²) >= 11 is 0. The van der Waals surface area contributed by atoms with Crippen molar-refractivity contribution in [1.29, 1.82) is 0 Å². The molecule has 0 heterocycles. The van der Waals surface area contributed by atoms with Crippen molar-refractivity contribution in [2.75, 3.05) is 6.61 Å². The Morgan fingerprint density at radius 1 is 1.23 bits per heavy atom. The van der Waals surface area contributed by atoms with E-state index < -0.39 is 0 Å². The molecular formula is C20H35NO. The summed E-state index contributed by atoms with van der Waals surface area (Å²) in [5.41, 5.74) is 7.44. The van der Waals surface area contributed by atoms with Gasteiger partial charge in [-0.3, -0.25) is 0 Å². The molecule has 0 bridgehead atoms. The van der Waals surface area contributed by atoms with Crippen LogP contribution < -0.4 is 5.73 Å². The Morgan fingerprint density at radius 3 is 2.64 bits per heavy atom. The van der Waals surface area contributed by atoms with Crippen molar-refractivity contribution in [2.45, 2.75) is 83.1 Å². The first-order valence-electron chi connectivity index (χ1n) is 9.44. The molecule has 126 valence electrons. The monoisotopic (exact) mass is 305 g/mol. The van der Waals surface area contributed by atoms with Crippen molar-refractivity contribution in [3.8, 4) is 0 Å². The highest BCUT2D eigenvalue weighted by Gasteiger charge is 2.37. The van der Waals surface area contributed by atoms with E-state index in [0.29, 0.717) is 11.8 Å². The van der Waals surface area contributed by atoms with Crippen LogP contribution in [0.1, 0.15) is 77.6 Å². The summed E-state index contributed by atoms with van der Waals surface area (Å²) in [7, 11) is 0. The molecule has 0 radical (unpaired) electrons. The molecule has 0 aliphatic heterocycles. The lowest BCUT2D eigenvalue weighted by atomic mass is 9.82. The van der Waals surface area contributed by atoms with Crippen molar-refractivity contribution >= 4 is 0 Å². The standard InChI is InChI=1S/C20H35NO/c1-2-3-4-5-6-7-8-17-9-11-18(12-10-17)19-13-14-20(21,15-19)16-22/h9-11,18-19,22H,2-8,12-16,21H2,1H3/t18?,19-,20-/m0/s1. The minimum atomic E-state index is -0.305. The summed E-state index contributed by atoms with van der Waals surface area (Å²) in [6.45, 7) is 2.41. The summed E-state index contributed by atoms with van der Waals surface area (Å²) < 4.78 is 0. The average molecular weight is 306 g/mol. The van der Waals surface area contributed by atoms with Crippen LogP contribution in [0.25, 0.3) is 0 Å². The molecule has 3 N–H and O–H groups in total. The van der Waals surface area contributed by atoms with Gasteiger partial charge in [0.2, 0.25) is 0 Å². The molecule has 0 saturated heterocycles. The Hall–Kier alpha value is -0.600. The van der Waals surface area contributed by atoms with Crippen LogP contribution in [0.4, 0.5) is 0 Å². The van der Waals surface area contributed by atoms with Gasteiger partial charge in [0, 0.05) is 5.54 Å². The number of nitrogens with two attached hydrogens (primary N) is 1. The van der Waals surface area contributed by atoms with E-state index in [9.17, 15) is 5.11 Å². The van der Waals surface area contributed by atoms with Crippen LogP contribution in [0.15, 0.2) is 23.8 Å². The smallest absolute Gasteiger partial charge is 0.0611 e. The zero-order chi connectivity index (χ0) is 15.8. The second-order valence-electron chi connectivity index (χ2n) is 7.58. The van der Waals surface area contributed by atoms with E-state index >= 15 is 0 Å². The van der Waals surface area contributed by atoms with E-state index in [-0.39, 0.29) is 12.1 Å². The molecule has 2 nitrogen and oxygen atoms in total. The van der Waals surface area contributed by atoms with Gasteiger partial charge < -0.3 is 10.8 Å². The highest BCUT2D eigenvalue weighted by molar-refractivity contribution is 5.24. The third kappa shape index (κ3) is 5.24. The fourth-order valence-corrected chi connectivity index (χ4v) is 4.03. The third-order valence-electron chi connectivity index (χ3n) is 5.63. The molecule has 1 saturated carbocycles. The van der Waals surface area contributed by atoms with Crippen LogP contribution in [0, 0.1) is 11.8 Å². The number of rotatable bonds is 9. The number of allylic oxidation sites excluding steroid dienone is 4. The minimum absolute atomic E-state index is 0.138. The number of aliphatic hydroxyl groups excluding tert-OH is 1. The second-order valence-corrected chi connectivity index (χ2v) is 7.58. The zero-order valence-corrected chi connectivity index (χ0v) is 14.4. The van der Waals surface area contributed by atoms with Gasteiger partial charge in [0.15, 0.2) is 0 Å². The first kappa shape index (κ1) is 17.7. The van der Waals surface area contributed by atoms with Gasteiger partial charge in [-0.25, -0.2) is 0 Å². The van der Waals surface area contributed by atoms with Crippen LogP contribution in [-0.4, -0.2) is 17.3 Å². The average Bonchev–Trinajstić information content (AvgIpc) is 2.94. The highest BCUT2D eigenvalue weighted by Crippen LogP contribution is 2.40. The van der Waals surface area contributed by atoms with E-state index in [4.69, 9.17) is 5.73 Å². The van der Waals surface area contributed by atoms with Gasteiger partial charge in [0.1, 0.15) is 0 Å². The summed E-state index contributed by atoms with van der Waals surface area (Å²) in [6.07, 6.45) is 21.0. The molecule has 0 spiro atoms. The van der Waals surface area contributed by atoms with Crippen LogP contribution in [0.2, 0.25) is 0 Å². The van der Waals surface area contributed by atoms with Crippen molar-refractivity contribution in [3.05, 3.63) is 23.8 Å². The molecule has 2 rings (SSSR count). The quantitative estimate of drug-likeness (QED) is 0.605. The zero-order valence-electron chi connectivity index (χ0n) is 14.4. The maximum absolute atomic E-state index is 9.40. The van der Waals surface area contributed by atoms with Crippen molar-refractivity contribution < 1.29 is 5.11 Å². The predicted molar refractivity (Wildman–Crippen MR) is 94.7 cm³/mol. The molecule has 2 heteroatoms. The van der Waals surface area contributed by atoms with E-state index in [2.05, 4.69) is 25.2 Å². The van der Waals surface area contributed by atoms with Gasteiger partial charge in [-0.2, -0.15) is 0 Å². The molecule has 0 amide bonds. The molecule has 0 aromatic rings. The van der Waals surface area contributed by atoms with E-state index in [0.717, 1.165) is 12.8 Å². The van der Waals surface area contributed by atoms with Crippen LogP contribution in [-0.2, 0) is 0 Å². The van der Waals surface area contributed by atoms with E-state index in [1.807, 2.05) is 0 Å². The minimum Gasteiger partial charge on any atom is -0.394 e. The van der Waals surface area contributed by atoms with Crippen molar-refractivity contribution in [2.24, 2.45) is 17.6 Å². The number of hydrogen-bond acceptors (Lipinski definition) is 2. The Morgan fingerprint density at radius 2 is 2.00 bits per heavy atom. The van der Waals surface area contributed by atoms with Gasteiger partial charge in [-0.1, -0.05) is 62.8 Å². The topological polar surface area (TPSA) is 46.2 Å². The largest absolute Gasteiger partial charge is 0.394 e. The lowest BCUT2D eigenvalue weighted by Gasteiger charge is -2.25. The number of hydrogen-bond donors (Lipinski definition) is 2. The highest BCUT2D eigenvalue weighted by atomic mass is 16.3.